The van der Waals surface area contributed by atoms with Crippen LogP contribution in [0.15, 0.2) is 0 Å². The van der Waals surface area contributed by atoms with E-state index in [1.165, 1.54) is 0 Å². The van der Waals surface area contributed by atoms with Crippen molar-refractivity contribution < 1.29 is 9.59 Å². The minimum Gasteiger partial charge on any atom is -0.356 e. The summed E-state index contributed by atoms with van der Waals surface area (Å²) in [4.78, 5) is 26.1. The molecule has 0 aromatic carbocycles. The van der Waals surface area contributed by atoms with Crippen LogP contribution in [0.2, 0.25) is 0 Å². The van der Waals surface area contributed by atoms with Crippen LogP contribution in [0.5, 0.6) is 0 Å². The lowest BCUT2D eigenvalue weighted by atomic mass is 9.85. The molecule has 0 spiro atoms. The topological polar surface area (TPSA) is 75.4 Å². The van der Waals surface area contributed by atoms with Gasteiger partial charge in [-0.2, -0.15) is 0 Å². The normalized spacial score (nSPS) is 18.4. The van der Waals surface area contributed by atoms with E-state index in [-0.39, 0.29) is 23.1 Å². The Hall–Kier alpha value is -1.10. The zero-order chi connectivity index (χ0) is 16.0. The summed E-state index contributed by atoms with van der Waals surface area (Å²) in [5.41, 5.74) is 5.80. The molecule has 0 saturated carbocycles. The van der Waals surface area contributed by atoms with Crippen LogP contribution >= 0.6 is 0 Å². The maximum atomic E-state index is 12.3. The number of unbranched alkanes of at least 4 members (excludes halogenated alkanes) is 1. The number of amides is 2. The van der Waals surface area contributed by atoms with E-state index in [2.05, 4.69) is 12.2 Å². The summed E-state index contributed by atoms with van der Waals surface area (Å²) in [5, 5.41) is 2.98. The number of piperidine rings is 1. The number of nitrogens with one attached hydrogen (secondary N) is 1. The Kier molecular flexibility index (Phi) is 6.65. The predicted octanol–water partition coefficient (Wildman–Crippen LogP) is 1.51. The molecular weight excluding hydrogens is 266 g/mol. The van der Waals surface area contributed by atoms with Gasteiger partial charge >= 0.3 is 0 Å². The Morgan fingerprint density at radius 2 is 1.86 bits per heavy atom. The van der Waals surface area contributed by atoms with E-state index in [9.17, 15) is 9.59 Å². The van der Waals surface area contributed by atoms with Crippen LogP contribution < -0.4 is 11.1 Å². The van der Waals surface area contributed by atoms with Gasteiger partial charge in [-0.3, -0.25) is 9.59 Å². The molecular formula is C16H31N3O2. The molecule has 0 aliphatic carbocycles. The number of carbonyl (C=O) groups is 2. The van der Waals surface area contributed by atoms with E-state index in [0.29, 0.717) is 13.1 Å². The zero-order valence-electron chi connectivity index (χ0n) is 13.9. The second-order valence-electron chi connectivity index (χ2n) is 7.09. The first-order chi connectivity index (χ1) is 9.77. The zero-order valence-corrected chi connectivity index (χ0v) is 13.9. The molecule has 1 rings (SSSR count). The fraction of sp³-hybridized carbons (Fsp3) is 0.875. The first kappa shape index (κ1) is 18.0. The van der Waals surface area contributed by atoms with Gasteiger partial charge in [0.25, 0.3) is 0 Å². The molecule has 5 nitrogen and oxygen atoms in total. The van der Waals surface area contributed by atoms with Crippen LogP contribution in [0.4, 0.5) is 0 Å². The summed E-state index contributed by atoms with van der Waals surface area (Å²) in [6.45, 7) is 10.1. The number of likely N-dealkylation sites (tertiary alicyclic amines) is 1. The lowest BCUT2D eigenvalue weighted by Gasteiger charge is -2.36. The third-order valence-corrected chi connectivity index (χ3v) is 4.21. The molecule has 21 heavy (non-hydrogen) atoms. The first-order valence-corrected chi connectivity index (χ1v) is 8.09. The molecule has 0 aromatic rings. The number of hydrogen-bond acceptors (Lipinski definition) is 3. The van der Waals surface area contributed by atoms with Crippen molar-refractivity contribution in [3.63, 3.8) is 0 Å². The van der Waals surface area contributed by atoms with E-state index in [0.717, 1.165) is 32.2 Å². The summed E-state index contributed by atoms with van der Waals surface area (Å²) in [7, 11) is 0. The van der Waals surface area contributed by atoms with Gasteiger partial charge in [-0.15, -0.1) is 0 Å². The molecule has 1 fully saturated rings. The SMILES string of the molecule is CCCCNC(=O)C1CCN(C(=O)[C@H](N)C(C)(C)C)CC1. The fourth-order valence-corrected chi connectivity index (χ4v) is 2.46. The van der Waals surface area contributed by atoms with Crippen LogP contribution in [0.1, 0.15) is 53.4 Å². The Balaban J connectivity index is 2.41. The predicted molar refractivity (Wildman–Crippen MR) is 84.7 cm³/mol. The highest BCUT2D eigenvalue weighted by Gasteiger charge is 2.34. The molecule has 0 unspecified atom stereocenters. The third kappa shape index (κ3) is 5.30. The third-order valence-electron chi connectivity index (χ3n) is 4.21. The highest BCUT2D eigenvalue weighted by Crippen LogP contribution is 2.23. The van der Waals surface area contributed by atoms with Crippen LogP contribution in [0, 0.1) is 11.3 Å². The van der Waals surface area contributed by atoms with E-state index in [4.69, 9.17) is 5.73 Å². The molecule has 0 aromatic heterocycles. The molecule has 0 bridgehead atoms. The molecule has 5 heteroatoms. The lowest BCUT2D eigenvalue weighted by Crippen LogP contribution is -2.53. The molecule has 2 amide bonds. The van der Waals surface area contributed by atoms with Gasteiger partial charge in [0.1, 0.15) is 0 Å². The average molecular weight is 297 g/mol. The lowest BCUT2D eigenvalue weighted by molar-refractivity contribution is -0.138. The van der Waals surface area contributed by atoms with Crippen LogP contribution in [0.25, 0.3) is 0 Å². The Morgan fingerprint density at radius 3 is 2.33 bits per heavy atom. The van der Waals surface area contributed by atoms with Crippen molar-refractivity contribution in [2.24, 2.45) is 17.1 Å². The van der Waals surface area contributed by atoms with Crippen LogP contribution in [-0.2, 0) is 9.59 Å². The van der Waals surface area contributed by atoms with Gasteiger partial charge in [-0.25, -0.2) is 0 Å². The summed E-state index contributed by atoms with van der Waals surface area (Å²) in [6, 6.07) is -0.479. The van der Waals surface area contributed by atoms with Gasteiger partial charge in [-0.1, -0.05) is 34.1 Å². The molecule has 3 N–H and O–H groups in total. The Labute approximate surface area is 128 Å². The van der Waals surface area contributed by atoms with Gasteiger partial charge in [0.15, 0.2) is 0 Å². The van der Waals surface area contributed by atoms with E-state index in [1.807, 2.05) is 25.7 Å². The number of nitrogens with zero attached hydrogens (tertiary/aromatic N) is 1. The van der Waals surface area contributed by atoms with Gasteiger partial charge in [0, 0.05) is 25.6 Å². The molecule has 122 valence electrons. The molecule has 0 radical (unpaired) electrons. The van der Waals surface area contributed by atoms with Crippen molar-refractivity contribution in [1.29, 1.82) is 0 Å². The van der Waals surface area contributed by atoms with Gasteiger partial charge < -0.3 is 16.0 Å². The van der Waals surface area contributed by atoms with Crippen molar-refractivity contribution in [2.45, 2.75) is 59.4 Å². The maximum absolute atomic E-state index is 12.3. The number of hydrogen-bond donors (Lipinski definition) is 2. The van der Waals surface area contributed by atoms with Crippen molar-refractivity contribution in [3.8, 4) is 0 Å². The van der Waals surface area contributed by atoms with Crippen molar-refractivity contribution >= 4 is 11.8 Å². The highest BCUT2D eigenvalue weighted by atomic mass is 16.2. The quantitative estimate of drug-likeness (QED) is 0.755. The van der Waals surface area contributed by atoms with E-state index >= 15 is 0 Å². The molecule has 1 heterocycles. The Morgan fingerprint density at radius 1 is 1.29 bits per heavy atom. The smallest absolute Gasteiger partial charge is 0.240 e. The van der Waals surface area contributed by atoms with Crippen LogP contribution in [-0.4, -0.2) is 42.4 Å². The first-order valence-electron chi connectivity index (χ1n) is 8.09. The molecule has 1 aliphatic rings. The standard InChI is InChI=1S/C16H31N3O2/c1-5-6-9-18-14(20)12-7-10-19(11-8-12)15(21)13(17)16(2,3)4/h12-13H,5-11,17H2,1-4H3,(H,18,20)/t13-/m0/s1. The number of rotatable bonds is 5. The number of carbonyl (C=O) groups excluding carboxylic acids is 2. The van der Waals surface area contributed by atoms with E-state index in [1.54, 1.807) is 0 Å². The van der Waals surface area contributed by atoms with Gasteiger partial charge in [-0.05, 0) is 24.7 Å². The minimum absolute atomic E-state index is 0.00680. The fourth-order valence-electron chi connectivity index (χ4n) is 2.46. The van der Waals surface area contributed by atoms with Crippen molar-refractivity contribution in [1.82, 2.24) is 10.2 Å². The number of nitrogens with two attached hydrogens (primary N) is 1. The minimum atomic E-state index is -0.479. The van der Waals surface area contributed by atoms with Crippen molar-refractivity contribution in [3.05, 3.63) is 0 Å². The van der Waals surface area contributed by atoms with Gasteiger partial charge in [0.2, 0.25) is 11.8 Å². The highest BCUT2D eigenvalue weighted by molar-refractivity contribution is 5.83. The monoisotopic (exact) mass is 297 g/mol. The van der Waals surface area contributed by atoms with E-state index < -0.39 is 6.04 Å². The molecule has 1 saturated heterocycles. The summed E-state index contributed by atoms with van der Waals surface area (Å²) in [5.74, 6) is 0.180. The molecule has 1 atom stereocenters. The molecule has 1 aliphatic heterocycles. The largest absolute Gasteiger partial charge is 0.356 e. The Bertz CT molecular complexity index is 355. The summed E-state index contributed by atoms with van der Waals surface area (Å²) < 4.78 is 0. The second kappa shape index (κ2) is 7.78. The van der Waals surface area contributed by atoms with Crippen LogP contribution in [0.3, 0.4) is 0 Å². The summed E-state index contributed by atoms with van der Waals surface area (Å²) in [6.07, 6.45) is 3.57. The van der Waals surface area contributed by atoms with Gasteiger partial charge in [0.05, 0.1) is 6.04 Å². The maximum Gasteiger partial charge on any atom is 0.240 e. The average Bonchev–Trinajstić information content (AvgIpc) is 2.45. The van der Waals surface area contributed by atoms with Crippen molar-refractivity contribution in [2.75, 3.05) is 19.6 Å². The second-order valence-corrected chi connectivity index (χ2v) is 7.09. The summed E-state index contributed by atoms with van der Waals surface area (Å²) >= 11 is 0.